The number of thiophene rings is 1. The molecule has 29 heavy (non-hydrogen) atoms. The van der Waals surface area contributed by atoms with Crippen LogP contribution in [0.1, 0.15) is 32.8 Å². The maximum absolute atomic E-state index is 13.6. The van der Waals surface area contributed by atoms with Gasteiger partial charge in [0.15, 0.2) is 6.10 Å². The maximum Gasteiger partial charge on any atom is 0.264 e. The van der Waals surface area contributed by atoms with Crippen molar-refractivity contribution in [2.24, 2.45) is 5.16 Å². The lowest BCUT2D eigenvalue weighted by atomic mass is 10.0. The van der Waals surface area contributed by atoms with Crippen LogP contribution in [-0.2, 0) is 11.4 Å². The fourth-order valence-corrected chi connectivity index (χ4v) is 4.01. The molecule has 0 fully saturated rings. The zero-order valence-electron chi connectivity index (χ0n) is 16.0. The lowest BCUT2D eigenvalue weighted by molar-refractivity contribution is 0.0408. The third-order valence-electron chi connectivity index (χ3n) is 4.82. The van der Waals surface area contributed by atoms with E-state index in [0.29, 0.717) is 24.4 Å². The third-order valence-corrected chi connectivity index (χ3v) is 5.68. The molecule has 0 saturated heterocycles. The number of aryl methyl sites for hydroxylation is 1. The van der Waals surface area contributed by atoms with Crippen LogP contribution < -0.4 is 0 Å². The molecular weight excluding hydrogens is 387 g/mol. The van der Waals surface area contributed by atoms with E-state index in [2.05, 4.69) is 5.16 Å². The van der Waals surface area contributed by atoms with Gasteiger partial charge in [0.25, 0.3) is 5.91 Å². The molecule has 0 saturated carbocycles. The molecule has 0 N–H and O–H groups in total. The van der Waals surface area contributed by atoms with Crippen LogP contribution >= 0.6 is 11.3 Å². The van der Waals surface area contributed by atoms with Crippen molar-refractivity contribution in [3.8, 4) is 0 Å². The van der Waals surface area contributed by atoms with Crippen molar-refractivity contribution in [1.82, 2.24) is 4.90 Å². The van der Waals surface area contributed by atoms with Gasteiger partial charge in [-0.25, -0.2) is 4.39 Å². The standard InChI is InChI=1S/C23H21FN2O2S/c1-16-7-9-18(10-8-16)21-13-20(28-25-21)15-26(23(27)22-6-3-11-29-22)14-17-4-2-5-19(24)12-17/h2-12,20H,13-15H2,1H3. The molecule has 4 rings (SSSR count). The van der Waals surface area contributed by atoms with Crippen molar-refractivity contribution in [3.05, 3.63) is 93.4 Å². The number of benzene rings is 2. The molecule has 3 aromatic rings. The van der Waals surface area contributed by atoms with Gasteiger partial charge in [-0.2, -0.15) is 0 Å². The zero-order valence-corrected chi connectivity index (χ0v) is 16.9. The minimum atomic E-state index is -0.312. The van der Waals surface area contributed by atoms with E-state index >= 15 is 0 Å². The summed E-state index contributed by atoms with van der Waals surface area (Å²) in [5.41, 5.74) is 3.84. The highest BCUT2D eigenvalue weighted by Gasteiger charge is 2.27. The Morgan fingerprint density at radius 1 is 1.21 bits per heavy atom. The number of nitrogens with zero attached hydrogens (tertiary/aromatic N) is 2. The topological polar surface area (TPSA) is 41.9 Å². The summed E-state index contributed by atoms with van der Waals surface area (Å²) in [4.78, 5) is 21.0. The van der Waals surface area contributed by atoms with Crippen molar-refractivity contribution in [2.45, 2.75) is 26.0 Å². The molecule has 148 valence electrons. The second-order valence-corrected chi connectivity index (χ2v) is 8.08. The van der Waals surface area contributed by atoms with Gasteiger partial charge in [0.1, 0.15) is 5.82 Å². The normalized spacial score (nSPS) is 15.7. The smallest absolute Gasteiger partial charge is 0.264 e. The summed E-state index contributed by atoms with van der Waals surface area (Å²) in [6.07, 6.45) is 0.393. The minimum Gasteiger partial charge on any atom is -0.390 e. The Bertz CT molecular complexity index is 1020. The molecule has 0 bridgehead atoms. The van der Waals surface area contributed by atoms with Gasteiger partial charge in [0.05, 0.1) is 17.1 Å². The molecule has 1 unspecified atom stereocenters. The van der Waals surface area contributed by atoms with Gasteiger partial charge in [-0.1, -0.05) is 53.2 Å². The fraction of sp³-hybridized carbons (Fsp3) is 0.217. The quantitative estimate of drug-likeness (QED) is 0.574. The Kier molecular flexibility index (Phi) is 5.71. The van der Waals surface area contributed by atoms with E-state index in [4.69, 9.17) is 4.84 Å². The van der Waals surface area contributed by atoms with E-state index < -0.39 is 0 Å². The minimum absolute atomic E-state index is 0.0864. The van der Waals surface area contributed by atoms with Crippen LogP contribution in [0.5, 0.6) is 0 Å². The maximum atomic E-state index is 13.6. The SMILES string of the molecule is Cc1ccc(C2=NOC(CN(Cc3cccc(F)c3)C(=O)c3cccs3)C2)cc1. The van der Waals surface area contributed by atoms with Crippen LogP contribution in [0.15, 0.2) is 71.2 Å². The number of hydrogen-bond donors (Lipinski definition) is 0. The summed E-state index contributed by atoms with van der Waals surface area (Å²) in [6.45, 7) is 2.74. The Morgan fingerprint density at radius 2 is 2.03 bits per heavy atom. The Morgan fingerprint density at radius 3 is 2.76 bits per heavy atom. The molecule has 2 aromatic carbocycles. The second-order valence-electron chi connectivity index (χ2n) is 7.13. The summed E-state index contributed by atoms with van der Waals surface area (Å²) >= 11 is 1.39. The second kappa shape index (κ2) is 8.57. The summed E-state index contributed by atoms with van der Waals surface area (Å²) in [5.74, 6) is -0.398. The highest BCUT2D eigenvalue weighted by atomic mass is 32.1. The molecule has 1 aliphatic heterocycles. The number of rotatable bonds is 6. The Hall–Kier alpha value is -2.99. The van der Waals surface area contributed by atoms with Crippen molar-refractivity contribution in [1.29, 1.82) is 0 Å². The van der Waals surface area contributed by atoms with Crippen LogP contribution in [0.3, 0.4) is 0 Å². The summed E-state index contributed by atoms with van der Waals surface area (Å²) in [5, 5.41) is 6.11. The largest absolute Gasteiger partial charge is 0.390 e. The van der Waals surface area contributed by atoms with Crippen molar-refractivity contribution < 1.29 is 14.0 Å². The predicted molar refractivity (Wildman–Crippen MR) is 113 cm³/mol. The first-order valence-corrected chi connectivity index (χ1v) is 10.3. The monoisotopic (exact) mass is 408 g/mol. The van der Waals surface area contributed by atoms with Gasteiger partial charge in [0.2, 0.25) is 0 Å². The summed E-state index contributed by atoms with van der Waals surface area (Å²) < 4.78 is 13.6. The number of hydrogen-bond acceptors (Lipinski definition) is 4. The van der Waals surface area contributed by atoms with Gasteiger partial charge >= 0.3 is 0 Å². The van der Waals surface area contributed by atoms with Crippen LogP contribution in [0.25, 0.3) is 0 Å². The van der Waals surface area contributed by atoms with Crippen molar-refractivity contribution in [2.75, 3.05) is 6.54 Å². The highest BCUT2D eigenvalue weighted by molar-refractivity contribution is 7.12. The van der Waals surface area contributed by atoms with E-state index in [-0.39, 0.29) is 17.8 Å². The van der Waals surface area contributed by atoms with Gasteiger partial charge in [0, 0.05) is 13.0 Å². The lowest BCUT2D eigenvalue weighted by Crippen LogP contribution is -2.37. The van der Waals surface area contributed by atoms with Crippen LogP contribution in [0.2, 0.25) is 0 Å². The molecule has 0 aliphatic carbocycles. The molecule has 1 atom stereocenters. The average Bonchev–Trinajstić information content (AvgIpc) is 3.40. The molecule has 1 amide bonds. The van der Waals surface area contributed by atoms with Gasteiger partial charge in [-0.05, 0) is 41.6 Å². The molecular formula is C23H21FN2O2S. The first-order chi connectivity index (χ1) is 14.1. The molecule has 0 spiro atoms. The average molecular weight is 408 g/mol. The molecule has 1 aliphatic rings. The molecule has 6 heteroatoms. The van der Waals surface area contributed by atoms with E-state index in [0.717, 1.165) is 16.8 Å². The van der Waals surface area contributed by atoms with E-state index in [1.165, 1.54) is 29.0 Å². The number of carbonyl (C=O) groups excluding carboxylic acids is 1. The Labute approximate surface area is 173 Å². The van der Waals surface area contributed by atoms with Gasteiger partial charge < -0.3 is 9.74 Å². The molecule has 0 radical (unpaired) electrons. The van der Waals surface area contributed by atoms with Crippen LogP contribution in [-0.4, -0.2) is 29.2 Å². The molecule has 2 heterocycles. The van der Waals surface area contributed by atoms with Gasteiger partial charge in [-0.3, -0.25) is 4.79 Å². The van der Waals surface area contributed by atoms with Crippen molar-refractivity contribution in [3.63, 3.8) is 0 Å². The molecule has 1 aromatic heterocycles. The van der Waals surface area contributed by atoms with E-state index in [9.17, 15) is 9.18 Å². The zero-order chi connectivity index (χ0) is 20.2. The van der Waals surface area contributed by atoms with Crippen molar-refractivity contribution >= 4 is 23.0 Å². The predicted octanol–water partition coefficient (Wildman–Crippen LogP) is 5.03. The number of carbonyl (C=O) groups is 1. The summed E-state index contributed by atoms with van der Waals surface area (Å²) in [6, 6.07) is 18.1. The summed E-state index contributed by atoms with van der Waals surface area (Å²) in [7, 11) is 0. The number of oxime groups is 1. The number of halogens is 1. The molecule has 4 nitrogen and oxygen atoms in total. The first-order valence-electron chi connectivity index (χ1n) is 9.45. The highest BCUT2D eigenvalue weighted by Crippen LogP contribution is 2.21. The van der Waals surface area contributed by atoms with Crippen LogP contribution in [0, 0.1) is 12.7 Å². The van der Waals surface area contributed by atoms with Gasteiger partial charge in [-0.15, -0.1) is 11.3 Å². The fourth-order valence-electron chi connectivity index (χ4n) is 3.32. The Balaban J connectivity index is 1.48. The first kappa shape index (κ1) is 19.3. The van der Waals surface area contributed by atoms with Crippen LogP contribution in [0.4, 0.5) is 4.39 Å². The lowest BCUT2D eigenvalue weighted by Gasteiger charge is -2.24. The third kappa shape index (κ3) is 4.71. The van der Waals surface area contributed by atoms with E-state index in [1.54, 1.807) is 17.0 Å². The van der Waals surface area contributed by atoms with E-state index in [1.807, 2.05) is 48.7 Å². The number of amides is 1.